The fraction of sp³-hybridized carbons (Fsp3) is 0.286. The molecule has 0 spiro atoms. The van der Waals surface area contributed by atoms with Gasteiger partial charge in [0.1, 0.15) is 24.3 Å². The summed E-state index contributed by atoms with van der Waals surface area (Å²) in [6.45, 7) is 3.38. The van der Waals surface area contributed by atoms with E-state index in [-0.39, 0.29) is 23.5 Å². The Morgan fingerprint density at radius 3 is 2.54 bits per heavy atom. The van der Waals surface area contributed by atoms with E-state index in [9.17, 15) is 9.90 Å². The molecule has 1 fully saturated rings. The van der Waals surface area contributed by atoms with Gasteiger partial charge >= 0.3 is 0 Å². The third kappa shape index (κ3) is 7.02. The van der Waals surface area contributed by atoms with Crippen molar-refractivity contribution >= 4 is 10.9 Å². The van der Waals surface area contributed by atoms with Crippen molar-refractivity contribution in [1.82, 2.24) is 19.4 Å². The Kier molecular flexibility index (Phi) is 9.53. The Morgan fingerprint density at radius 1 is 0.978 bits per heavy atom. The SMILES string of the molecule is COc1cc2c(Oc3ccc(-c4cnc(Cc5ccccc5)n(C)c4=O)cc3F)ccnc2cc1OC[C@@H](O)CN1CCOCC1. The van der Waals surface area contributed by atoms with Gasteiger partial charge in [0.15, 0.2) is 23.1 Å². The minimum Gasteiger partial charge on any atom is -0.493 e. The van der Waals surface area contributed by atoms with E-state index >= 15 is 4.39 Å². The molecule has 0 amide bonds. The molecule has 0 saturated carbocycles. The van der Waals surface area contributed by atoms with Crippen molar-refractivity contribution in [3.63, 3.8) is 0 Å². The molecule has 11 heteroatoms. The van der Waals surface area contributed by atoms with Crippen LogP contribution in [0.5, 0.6) is 23.0 Å². The number of hydrogen-bond donors (Lipinski definition) is 1. The van der Waals surface area contributed by atoms with Crippen LogP contribution in [0.2, 0.25) is 0 Å². The van der Waals surface area contributed by atoms with Gasteiger partial charge in [-0.2, -0.15) is 0 Å². The number of aromatic nitrogens is 3. The first-order valence-corrected chi connectivity index (χ1v) is 15.0. The highest BCUT2D eigenvalue weighted by atomic mass is 19.1. The molecule has 1 aliphatic heterocycles. The van der Waals surface area contributed by atoms with Gasteiger partial charge in [-0.1, -0.05) is 36.4 Å². The van der Waals surface area contributed by atoms with Crippen molar-refractivity contribution in [2.75, 3.05) is 46.6 Å². The average molecular weight is 627 g/mol. The topological polar surface area (TPSA) is 108 Å². The van der Waals surface area contributed by atoms with E-state index in [0.717, 1.165) is 18.7 Å². The molecule has 0 radical (unpaired) electrons. The molecule has 0 aliphatic carbocycles. The van der Waals surface area contributed by atoms with Crippen LogP contribution in [-0.2, 0) is 18.2 Å². The van der Waals surface area contributed by atoms with Crippen LogP contribution < -0.4 is 19.8 Å². The van der Waals surface area contributed by atoms with Crippen LogP contribution in [-0.4, -0.2) is 77.2 Å². The molecule has 1 aliphatic rings. The summed E-state index contributed by atoms with van der Waals surface area (Å²) < 4.78 is 39.8. The number of aliphatic hydroxyl groups is 1. The zero-order valence-electron chi connectivity index (χ0n) is 25.7. The zero-order valence-corrected chi connectivity index (χ0v) is 25.7. The Balaban J connectivity index is 1.19. The Morgan fingerprint density at radius 2 is 1.78 bits per heavy atom. The predicted octanol–water partition coefficient (Wildman–Crippen LogP) is 4.60. The van der Waals surface area contributed by atoms with Crippen LogP contribution in [0.3, 0.4) is 0 Å². The molecule has 1 saturated heterocycles. The lowest BCUT2D eigenvalue weighted by atomic mass is 10.1. The molecule has 0 unspecified atom stereocenters. The number of pyridine rings is 1. The first-order chi connectivity index (χ1) is 22.4. The smallest absolute Gasteiger partial charge is 0.261 e. The van der Waals surface area contributed by atoms with Crippen molar-refractivity contribution in [2.24, 2.45) is 7.05 Å². The van der Waals surface area contributed by atoms with E-state index in [4.69, 9.17) is 18.9 Å². The first-order valence-electron chi connectivity index (χ1n) is 15.0. The number of ether oxygens (including phenoxy) is 4. The fourth-order valence-corrected chi connectivity index (χ4v) is 5.40. The van der Waals surface area contributed by atoms with Gasteiger partial charge in [-0.25, -0.2) is 9.37 Å². The normalized spacial score (nSPS) is 14.3. The number of morpholine rings is 1. The van der Waals surface area contributed by atoms with E-state index in [0.29, 0.717) is 65.7 Å². The maximum absolute atomic E-state index is 15.4. The van der Waals surface area contributed by atoms with Crippen LogP contribution in [0.25, 0.3) is 22.0 Å². The highest BCUT2D eigenvalue weighted by Gasteiger charge is 2.19. The molecular weight excluding hydrogens is 591 g/mol. The zero-order chi connectivity index (χ0) is 32.0. The second-order valence-electron chi connectivity index (χ2n) is 11.1. The van der Waals surface area contributed by atoms with Crippen LogP contribution in [0.15, 0.2) is 83.9 Å². The van der Waals surface area contributed by atoms with Gasteiger partial charge in [0, 0.05) is 56.9 Å². The van der Waals surface area contributed by atoms with Gasteiger partial charge in [0.2, 0.25) is 0 Å². The summed E-state index contributed by atoms with van der Waals surface area (Å²) in [6.07, 6.45) is 2.85. The summed E-state index contributed by atoms with van der Waals surface area (Å²) in [6, 6.07) is 19.2. The summed E-state index contributed by atoms with van der Waals surface area (Å²) in [5, 5.41) is 11.1. The van der Waals surface area contributed by atoms with Crippen LogP contribution >= 0.6 is 0 Å². The molecule has 6 rings (SSSR count). The number of rotatable bonds is 11. The highest BCUT2D eigenvalue weighted by molar-refractivity contribution is 5.88. The van der Waals surface area contributed by atoms with Gasteiger partial charge < -0.3 is 24.1 Å². The van der Waals surface area contributed by atoms with Gasteiger partial charge in [-0.3, -0.25) is 19.2 Å². The maximum atomic E-state index is 15.4. The van der Waals surface area contributed by atoms with Crippen LogP contribution in [0, 0.1) is 5.82 Å². The fourth-order valence-electron chi connectivity index (χ4n) is 5.40. The molecule has 3 heterocycles. The van der Waals surface area contributed by atoms with Gasteiger partial charge in [-0.05, 0) is 35.4 Å². The molecule has 46 heavy (non-hydrogen) atoms. The molecule has 2 aromatic heterocycles. The minimum atomic E-state index is -0.699. The number of benzene rings is 3. The number of aliphatic hydroxyl groups excluding tert-OH is 1. The van der Waals surface area contributed by atoms with E-state index in [1.54, 1.807) is 37.5 Å². The second kappa shape index (κ2) is 14.1. The summed E-state index contributed by atoms with van der Waals surface area (Å²) in [5.74, 6) is 1.14. The van der Waals surface area contributed by atoms with Crippen LogP contribution in [0.4, 0.5) is 4.39 Å². The van der Waals surface area contributed by atoms with Crippen molar-refractivity contribution in [1.29, 1.82) is 0 Å². The van der Waals surface area contributed by atoms with E-state index in [2.05, 4.69) is 14.9 Å². The number of hydrogen-bond acceptors (Lipinski definition) is 9. The van der Waals surface area contributed by atoms with E-state index in [1.165, 1.54) is 30.0 Å². The van der Waals surface area contributed by atoms with Gasteiger partial charge in [0.05, 0.1) is 31.4 Å². The van der Waals surface area contributed by atoms with Crippen molar-refractivity contribution in [3.05, 3.63) is 107 Å². The maximum Gasteiger partial charge on any atom is 0.261 e. The van der Waals surface area contributed by atoms with E-state index < -0.39 is 11.9 Å². The molecule has 0 bridgehead atoms. The number of nitrogens with zero attached hydrogens (tertiary/aromatic N) is 4. The largest absolute Gasteiger partial charge is 0.493 e. The van der Waals surface area contributed by atoms with Gasteiger partial charge in [-0.15, -0.1) is 0 Å². The molecule has 1 N–H and O–H groups in total. The quantitative estimate of drug-likeness (QED) is 0.225. The minimum absolute atomic E-state index is 0.0211. The molecular formula is C35H35FN4O6. The number of β-amino-alcohol motifs (C(OH)–C–C–N with tert-alkyl or cyclic N) is 1. The monoisotopic (exact) mass is 626 g/mol. The average Bonchev–Trinajstić information content (AvgIpc) is 3.07. The molecule has 5 aromatic rings. The summed E-state index contributed by atoms with van der Waals surface area (Å²) >= 11 is 0. The van der Waals surface area contributed by atoms with Crippen molar-refractivity contribution in [2.45, 2.75) is 12.5 Å². The lowest BCUT2D eigenvalue weighted by molar-refractivity contribution is 0.00446. The number of fused-ring (bicyclic) bond motifs is 1. The molecule has 238 valence electrons. The third-order valence-electron chi connectivity index (χ3n) is 7.92. The van der Waals surface area contributed by atoms with Gasteiger partial charge in [0.25, 0.3) is 5.56 Å². The Hall–Kier alpha value is -4.84. The Labute approximate surface area is 265 Å². The van der Waals surface area contributed by atoms with Crippen molar-refractivity contribution < 1.29 is 28.4 Å². The van der Waals surface area contributed by atoms with E-state index in [1.807, 2.05) is 30.3 Å². The summed E-state index contributed by atoms with van der Waals surface area (Å²) in [7, 11) is 3.18. The summed E-state index contributed by atoms with van der Waals surface area (Å²) in [4.78, 5) is 24.3. The van der Waals surface area contributed by atoms with Crippen LogP contribution in [0.1, 0.15) is 11.4 Å². The highest BCUT2D eigenvalue weighted by Crippen LogP contribution is 2.38. The van der Waals surface area contributed by atoms with Crippen molar-refractivity contribution in [3.8, 4) is 34.1 Å². The third-order valence-corrected chi connectivity index (χ3v) is 7.92. The molecule has 10 nitrogen and oxygen atoms in total. The Bertz CT molecular complexity index is 1880. The lowest BCUT2D eigenvalue weighted by Crippen LogP contribution is -2.42. The molecule has 3 aromatic carbocycles. The first kappa shape index (κ1) is 31.2. The lowest BCUT2D eigenvalue weighted by Gasteiger charge is -2.28. The molecule has 1 atom stereocenters. The standard InChI is InChI=1S/C35H35FN4O6/c1-39-34(16-23-6-4-3-5-7-23)38-20-27(35(39)42)24-8-9-31(28(36)17-24)46-30-10-11-37-29-19-33(32(43-2)18-26(29)30)45-22-25(41)21-40-12-14-44-15-13-40/h3-11,17-20,25,41H,12-16,21-22H2,1-2H3/t25-/m0/s1. The number of methoxy groups -OCH3 is 1. The number of halogens is 1. The predicted molar refractivity (Wildman–Crippen MR) is 171 cm³/mol. The second-order valence-corrected chi connectivity index (χ2v) is 11.1. The summed E-state index contributed by atoms with van der Waals surface area (Å²) in [5.41, 5.74) is 1.98.